The molecule has 0 radical (unpaired) electrons. The summed E-state index contributed by atoms with van der Waals surface area (Å²) in [5, 5.41) is 8.88. The van der Waals surface area contributed by atoms with Gasteiger partial charge in [0.05, 0.1) is 0 Å². The third kappa shape index (κ3) is 2.86. The summed E-state index contributed by atoms with van der Waals surface area (Å²) in [5.74, 6) is -0.916. The predicted octanol–water partition coefficient (Wildman–Crippen LogP) is 2.05. The molecule has 70 valence electrons. The molecule has 1 aromatic carbocycles. The number of benzene rings is 1. The minimum atomic E-state index is -0.638. The van der Waals surface area contributed by atoms with E-state index in [2.05, 4.69) is 0 Å². The van der Waals surface area contributed by atoms with Gasteiger partial charge < -0.3 is 9.90 Å². The quantitative estimate of drug-likeness (QED) is 0.776. The molecule has 0 amide bonds. The average molecular weight is 182 g/mol. The summed E-state index contributed by atoms with van der Waals surface area (Å²) in [6.45, 7) is 1.50. The van der Waals surface area contributed by atoms with Crippen LogP contribution >= 0.6 is 0 Å². The van der Waals surface area contributed by atoms with Crippen molar-refractivity contribution in [1.29, 1.82) is 0 Å². The van der Waals surface area contributed by atoms with Crippen LogP contribution in [0.3, 0.4) is 0 Å². The molecule has 0 aromatic heterocycles. The molecule has 1 N–H and O–H groups in total. The van der Waals surface area contributed by atoms with E-state index >= 15 is 0 Å². The summed E-state index contributed by atoms with van der Waals surface area (Å²) in [4.78, 5) is 10.6. The smallest absolute Gasteiger partial charge is 0.165 e. The van der Waals surface area contributed by atoms with Crippen molar-refractivity contribution in [2.24, 2.45) is 0 Å². The molecule has 0 bridgehead atoms. The van der Waals surface area contributed by atoms with Gasteiger partial charge in [0.25, 0.3) is 0 Å². The van der Waals surface area contributed by atoms with Crippen molar-refractivity contribution >= 4 is 5.78 Å². The molecule has 0 unspecified atom stereocenters. The Hall–Kier alpha value is -1.38. The molecule has 0 saturated carbocycles. The van der Waals surface area contributed by atoms with Crippen LogP contribution in [-0.2, 0) is 11.2 Å². The topological polar surface area (TPSA) is 37.3 Å². The number of aromatic hydroxyl groups is 1. The Kier molecular flexibility index (Phi) is 3.01. The molecular formula is C10H11FO2. The highest BCUT2D eigenvalue weighted by Crippen LogP contribution is 2.16. The number of carbonyl (C=O) groups is 1. The largest absolute Gasteiger partial charge is 0.505 e. The van der Waals surface area contributed by atoms with E-state index in [0.717, 1.165) is 5.56 Å². The molecule has 0 saturated heterocycles. The number of phenolic OH excluding ortho intramolecular Hbond substituents is 1. The summed E-state index contributed by atoms with van der Waals surface area (Å²) in [7, 11) is 0. The molecule has 2 nitrogen and oxygen atoms in total. The van der Waals surface area contributed by atoms with Crippen molar-refractivity contribution in [1.82, 2.24) is 0 Å². The third-order valence-electron chi connectivity index (χ3n) is 1.78. The Bertz CT molecular complexity index is 321. The van der Waals surface area contributed by atoms with Gasteiger partial charge in [-0.1, -0.05) is 6.07 Å². The zero-order valence-corrected chi connectivity index (χ0v) is 7.38. The monoisotopic (exact) mass is 182 g/mol. The number of aryl methyl sites for hydroxylation is 1. The number of rotatable bonds is 3. The molecule has 0 atom stereocenters. The second-order valence-electron chi connectivity index (χ2n) is 2.99. The van der Waals surface area contributed by atoms with Crippen molar-refractivity contribution < 1.29 is 14.3 Å². The Morgan fingerprint density at radius 2 is 2.23 bits per heavy atom. The Labute approximate surface area is 76.0 Å². The summed E-state index contributed by atoms with van der Waals surface area (Å²) in [6.07, 6.45) is 0.927. The highest BCUT2D eigenvalue weighted by Gasteiger charge is 2.02. The molecule has 1 aromatic rings. The van der Waals surface area contributed by atoms with Crippen LogP contribution in [0.15, 0.2) is 18.2 Å². The van der Waals surface area contributed by atoms with E-state index in [1.54, 1.807) is 6.07 Å². The van der Waals surface area contributed by atoms with E-state index in [1.807, 2.05) is 0 Å². The second kappa shape index (κ2) is 4.03. The van der Waals surface area contributed by atoms with Gasteiger partial charge in [-0.15, -0.1) is 0 Å². The molecule has 0 aliphatic rings. The highest BCUT2D eigenvalue weighted by atomic mass is 19.1. The maximum absolute atomic E-state index is 12.8. The summed E-state index contributed by atoms with van der Waals surface area (Å²) >= 11 is 0. The first-order chi connectivity index (χ1) is 6.09. The van der Waals surface area contributed by atoms with Crippen LogP contribution in [0.2, 0.25) is 0 Å². The molecule has 3 heteroatoms. The fourth-order valence-corrected chi connectivity index (χ4v) is 1.03. The van der Waals surface area contributed by atoms with E-state index < -0.39 is 5.82 Å². The first-order valence-corrected chi connectivity index (χ1v) is 4.06. The standard InChI is InChI=1S/C10H11FO2/c1-7(12)2-3-8-4-5-10(13)9(11)6-8/h4-6,13H,2-3H2,1H3. The van der Waals surface area contributed by atoms with E-state index in [-0.39, 0.29) is 11.5 Å². The van der Waals surface area contributed by atoms with Gasteiger partial charge in [-0.25, -0.2) is 4.39 Å². The van der Waals surface area contributed by atoms with E-state index in [9.17, 15) is 9.18 Å². The number of ketones is 1. The maximum atomic E-state index is 12.8. The van der Waals surface area contributed by atoms with Crippen LogP contribution in [-0.4, -0.2) is 10.9 Å². The van der Waals surface area contributed by atoms with Crippen LogP contribution in [0.25, 0.3) is 0 Å². The average Bonchev–Trinajstić information content (AvgIpc) is 2.07. The third-order valence-corrected chi connectivity index (χ3v) is 1.78. The Morgan fingerprint density at radius 3 is 2.77 bits per heavy atom. The Morgan fingerprint density at radius 1 is 1.54 bits per heavy atom. The van der Waals surface area contributed by atoms with Crippen LogP contribution in [0.5, 0.6) is 5.75 Å². The molecule has 0 heterocycles. The minimum Gasteiger partial charge on any atom is -0.505 e. The van der Waals surface area contributed by atoms with Crippen molar-refractivity contribution in [3.8, 4) is 5.75 Å². The van der Waals surface area contributed by atoms with Gasteiger partial charge in [-0.3, -0.25) is 0 Å². The first-order valence-electron chi connectivity index (χ1n) is 4.06. The molecule has 1 rings (SSSR count). The molecular weight excluding hydrogens is 171 g/mol. The summed E-state index contributed by atoms with van der Waals surface area (Å²) in [5.41, 5.74) is 0.727. The number of phenols is 1. The lowest BCUT2D eigenvalue weighted by Crippen LogP contribution is -1.94. The molecule has 0 aliphatic heterocycles. The minimum absolute atomic E-state index is 0.0773. The lowest BCUT2D eigenvalue weighted by Gasteiger charge is -2.00. The first kappa shape index (κ1) is 9.71. The highest BCUT2D eigenvalue weighted by molar-refractivity contribution is 5.75. The van der Waals surface area contributed by atoms with Crippen molar-refractivity contribution in [3.05, 3.63) is 29.6 Å². The Balaban J connectivity index is 2.68. The van der Waals surface area contributed by atoms with Gasteiger partial charge in [0.1, 0.15) is 5.78 Å². The molecule has 0 fully saturated rings. The van der Waals surface area contributed by atoms with Crippen molar-refractivity contribution in [2.75, 3.05) is 0 Å². The van der Waals surface area contributed by atoms with Gasteiger partial charge in [-0.05, 0) is 31.0 Å². The van der Waals surface area contributed by atoms with Crippen LogP contribution in [0.1, 0.15) is 18.9 Å². The van der Waals surface area contributed by atoms with Gasteiger partial charge in [-0.2, -0.15) is 0 Å². The van der Waals surface area contributed by atoms with E-state index in [1.165, 1.54) is 19.1 Å². The number of halogens is 1. The van der Waals surface area contributed by atoms with Crippen LogP contribution in [0, 0.1) is 5.82 Å². The fraction of sp³-hybridized carbons (Fsp3) is 0.300. The second-order valence-corrected chi connectivity index (χ2v) is 2.99. The number of hydrogen-bond donors (Lipinski definition) is 1. The molecule has 0 aliphatic carbocycles. The van der Waals surface area contributed by atoms with Crippen molar-refractivity contribution in [2.45, 2.75) is 19.8 Å². The van der Waals surface area contributed by atoms with E-state index in [0.29, 0.717) is 12.8 Å². The van der Waals surface area contributed by atoms with Gasteiger partial charge in [0, 0.05) is 6.42 Å². The normalized spacial score (nSPS) is 10.0. The predicted molar refractivity (Wildman–Crippen MR) is 47.1 cm³/mol. The molecule has 0 spiro atoms. The maximum Gasteiger partial charge on any atom is 0.165 e. The van der Waals surface area contributed by atoms with E-state index in [4.69, 9.17) is 5.11 Å². The SMILES string of the molecule is CC(=O)CCc1ccc(O)c(F)c1. The summed E-state index contributed by atoms with van der Waals surface area (Å²) < 4.78 is 12.8. The zero-order chi connectivity index (χ0) is 9.84. The summed E-state index contributed by atoms with van der Waals surface area (Å²) in [6, 6.07) is 4.16. The van der Waals surface area contributed by atoms with Gasteiger partial charge in [0.2, 0.25) is 0 Å². The number of carbonyl (C=O) groups excluding carboxylic acids is 1. The zero-order valence-electron chi connectivity index (χ0n) is 7.38. The van der Waals surface area contributed by atoms with Gasteiger partial charge >= 0.3 is 0 Å². The lowest BCUT2D eigenvalue weighted by molar-refractivity contribution is -0.116. The van der Waals surface area contributed by atoms with Crippen LogP contribution < -0.4 is 0 Å². The molecule has 13 heavy (non-hydrogen) atoms. The lowest BCUT2D eigenvalue weighted by atomic mass is 10.1. The number of Topliss-reactive ketones (excluding diaryl/α,β-unsaturated/α-hetero) is 1. The fourth-order valence-electron chi connectivity index (χ4n) is 1.03. The van der Waals surface area contributed by atoms with Crippen molar-refractivity contribution in [3.63, 3.8) is 0 Å². The van der Waals surface area contributed by atoms with Crippen LogP contribution in [0.4, 0.5) is 4.39 Å². The number of hydrogen-bond acceptors (Lipinski definition) is 2. The van der Waals surface area contributed by atoms with Gasteiger partial charge in [0.15, 0.2) is 11.6 Å².